The molecular weight excluding hydrogens is 264 g/mol. The Labute approximate surface area is 116 Å². The summed E-state index contributed by atoms with van der Waals surface area (Å²) in [6.45, 7) is 0.353. The number of benzene rings is 1. The van der Waals surface area contributed by atoms with Crippen LogP contribution < -0.4 is 16.4 Å². The molecular formula is C14H19F2N3O. The van der Waals surface area contributed by atoms with E-state index in [4.69, 9.17) is 5.73 Å². The number of carbonyl (C=O) groups excluding carboxylic acids is 1. The molecule has 2 amide bonds. The number of carbonyl (C=O) groups is 1. The molecule has 0 bridgehead atoms. The number of urea groups is 1. The summed E-state index contributed by atoms with van der Waals surface area (Å²) in [5.74, 6) is -1.48. The number of halogens is 2. The Bertz CT molecular complexity index is 487. The molecule has 1 saturated carbocycles. The Morgan fingerprint density at radius 1 is 1.25 bits per heavy atom. The van der Waals surface area contributed by atoms with E-state index in [1.165, 1.54) is 6.07 Å². The quantitative estimate of drug-likeness (QED) is 0.798. The van der Waals surface area contributed by atoms with E-state index in [9.17, 15) is 13.6 Å². The van der Waals surface area contributed by atoms with Gasteiger partial charge in [-0.25, -0.2) is 13.6 Å². The Balaban J connectivity index is 2.00. The molecule has 1 aromatic carbocycles. The van der Waals surface area contributed by atoms with E-state index in [0.29, 0.717) is 6.54 Å². The fourth-order valence-electron chi connectivity index (χ4n) is 2.59. The summed E-state index contributed by atoms with van der Waals surface area (Å²) in [7, 11) is 0. The first-order valence-corrected chi connectivity index (χ1v) is 6.79. The van der Waals surface area contributed by atoms with Crippen molar-refractivity contribution < 1.29 is 13.6 Å². The summed E-state index contributed by atoms with van der Waals surface area (Å²) in [4.78, 5) is 11.9. The molecule has 1 aliphatic rings. The van der Waals surface area contributed by atoms with Gasteiger partial charge in [0.25, 0.3) is 0 Å². The van der Waals surface area contributed by atoms with E-state index >= 15 is 0 Å². The second-order valence-corrected chi connectivity index (χ2v) is 5.25. The molecule has 0 unspecified atom stereocenters. The van der Waals surface area contributed by atoms with Gasteiger partial charge in [-0.15, -0.1) is 0 Å². The Hall–Kier alpha value is -1.69. The molecule has 1 aromatic rings. The summed E-state index contributed by atoms with van der Waals surface area (Å²) in [5, 5.41) is 5.23. The van der Waals surface area contributed by atoms with Gasteiger partial charge in [0.1, 0.15) is 11.6 Å². The topological polar surface area (TPSA) is 67.1 Å². The molecule has 4 nitrogen and oxygen atoms in total. The van der Waals surface area contributed by atoms with Crippen molar-refractivity contribution in [3.63, 3.8) is 0 Å². The summed E-state index contributed by atoms with van der Waals surface area (Å²) in [6.07, 6.45) is 4.81. The van der Waals surface area contributed by atoms with Crippen molar-refractivity contribution >= 4 is 11.7 Å². The molecule has 6 heteroatoms. The van der Waals surface area contributed by atoms with E-state index in [2.05, 4.69) is 10.6 Å². The first kappa shape index (κ1) is 14.7. The second-order valence-electron chi connectivity index (χ2n) is 5.25. The lowest BCUT2D eigenvalue weighted by Gasteiger charge is -2.37. The van der Waals surface area contributed by atoms with Gasteiger partial charge in [0.2, 0.25) is 0 Å². The van der Waals surface area contributed by atoms with Gasteiger partial charge < -0.3 is 16.4 Å². The molecule has 0 aliphatic heterocycles. The maximum atomic E-state index is 13.5. The average Bonchev–Trinajstić information content (AvgIpc) is 2.43. The molecule has 1 fully saturated rings. The smallest absolute Gasteiger partial charge is 0.319 e. The molecule has 0 spiro atoms. The van der Waals surface area contributed by atoms with Crippen molar-refractivity contribution in [3.8, 4) is 0 Å². The van der Waals surface area contributed by atoms with Crippen LogP contribution in [-0.4, -0.2) is 18.1 Å². The van der Waals surface area contributed by atoms with E-state index in [1.54, 1.807) is 0 Å². The predicted octanol–water partition coefficient (Wildman–Crippen LogP) is 2.75. The molecule has 110 valence electrons. The monoisotopic (exact) mass is 283 g/mol. The van der Waals surface area contributed by atoms with Gasteiger partial charge in [-0.1, -0.05) is 19.3 Å². The fraction of sp³-hybridized carbons (Fsp3) is 0.500. The van der Waals surface area contributed by atoms with Crippen molar-refractivity contribution in [2.75, 3.05) is 11.9 Å². The number of nitrogens with two attached hydrogens (primary N) is 1. The number of hydrogen-bond donors (Lipinski definition) is 3. The van der Waals surface area contributed by atoms with Gasteiger partial charge in [0, 0.05) is 12.6 Å². The van der Waals surface area contributed by atoms with Crippen LogP contribution in [0.25, 0.3) is 0 Å². The summed E-state index contributed by atoms with van der Waals surface area (Å²) in [5.41, 5.74) is 5.30. The van der Waals surface area contributed by atoms with Crippen molar-refractivity contribution in [2.24, 2.45) is 5.73 Å². The van der Waals surface area contributed by atoms with E-state index in [1.807, 2.05) is 0 Å². The third-order valence-corrected chi connectivity index (χ3v) is 3.76. The Kier molecular flexibility index (Phi) is 4.54. The van der Waals surface area contributed by atoms with Crippen LogP contribution in [-0.2, 0) is 0 Å². The van der Waals surface area contributed by atoms with Gasteiger partial charge >= 0.3 is 6.03 Å². The minimum atomic E-state index is -0.800. The zero-order valence-electron chi connectivity index (χ0n) is 11.2. The molecule has 0 atom stereocenters. The van der Waals surface area contributed by atoms with Crippen LogP contribution >= 0.6 is 0 Å². The zero-order chi connectivity index (χ0) is 14.6. The number of anilines is 1. The molecule has 0 radical (unpaired) electrons. The van der Waals surface area contributed by atoms with Crippen molar-refractivity contribution in [3.05, 3.63) is 29.8 Å². The van der Waals surface area contributed by atoms with Crippen molar-refractivity contribution in [1.29, 1.82) is 0 Å². The van der Waals surface area contributed by atoms with Gasteiger partial charge in [-0.3, -0.25) is 0 Å². The minimum absolute atomic E-state index is 0.0492. The lowest BCUT2D eigenvalue weighted by Crippen LogP contribution is -2.55. The van der Waals surface area contributed by atoms with Gasteiger partial charge in [0.05, 0.1) is 11.2 Å². The molecule has 4 N–H and O–H groups in total. The van der Waals surface area contributed by atoms with Crippen LogP contribution in [0.3, 0.4) is 0 Å². The maximum Gasteiger partial charge on any atom is 0.319 e. The Morgan fingerprint density at radius 2 is 1.95 bits per heavy atom. The Morgan fingerprint density at radius 3 is 2.55 bits per heavy atom. The van der Waals surface area contributed by atoms with Gasteiger partial charge in [0.15, 0.2) is 0 Å². The highest BCUT2D eigenvalue weighted by Gasteiger charge is 2.32. The van der Waals surface area contributed by atoms with Crippen LogP contribution in [0.2, 0.25) is 0 Å². The molecule has 0 saturated heterocycles. The SMILES string of the molecule is NCC1(NC(=O)Nc2ccc(F)cc2F)CCCCC1. The van der Waals surface area contributed by atoms with Crippen LogP contribution in [0.5, 0.6) is 0 Å². The highest BCUT2D eigenvalue weighted by molar-refractivity contribution is 5.89. The number of amides is 2. The zero-order valence-corrected chi connectivity index (χ0v) is 11.2. The maximum absolute atomic E-state index is 13.5. The fourth-order valence-corrected chi connectivity index (χ4v) is 2.59. The summed E-state index contributed by atoms with van der Waals surface area (Å²) < 4.78 is 26.2. The third kappa shape index (κ3) is 3.45. The van der Waals surface area contributed by atoms with Crippen LogP contribution in [0.1, 0.15) is 32.1 Å². The van der Waals surface area contributed by atoms with E-state index in [0.717, 1.165) is 44.2 Å². The normalized spacial score (nSPS) is 17.6. The summed E-state index contributed by atoms with van der Waals surface area (Å²) in [6, 6.07) is 2.51. The highest BCUT2D eigenvalue weighted by atomic mass is 19.1. The van der Waals surface area contributed by atoms with E-state index in [-0.39, 0.29) is 5.69 Å². The lowest BCUT2D eigenvalue weighted by molar-refractivity contribution is 0.215. The standard InChI is InChI=1S/C14H19F2N3O/c15-10-4-5-12(11(16)8-10)18-13(20)19-14(9-17)6-2-1-3-7-14/h4-5,8H,1-3,6-7,9,17H2,(H2,18,19,20). The molecule has 2 rings (SSSR count). The molecule has 0 aromatic heterocycles. The minimum Gasteiger partial charge on any atom is -0.331 e. The highest BCUT2D eigenvalue weighted by Crippen LogP contribution is 2.27. The number of rotatable bonds is 3. The lowest BCUT2D eigenvalue weighted by atomic mass is 9.82. The van der Waals surface area contributed by atoms with Gasteiger partial charge in [-0.2, -0.15) is 0 Å². The third-order valence-electron chi connectivity index (χ3n) is 3.76. The average molecular weight is 283 g/mol. The largest absolute Gasteiger partial charge is 0.331 e. The van der Waals surface area contributed by atoms with Crippen LogP contribution in [0, 0.1) is 11.6 Å². The first-order chi connectivity index (χ1) is 9.54. The molecule has 0 heterocycles. The van der Waals surface area contributed by atoms with Crippen molar-refractivity contribution in [1.82, 2.24) is 5.32 Å². The molecule has 1 aliphatic carbocycles. The van der Waals surface area contributed by atoms with Gasteiger partial charge in [-0.05, 0) is 25.0 Å². The number of hydrogen-bond acceptors (Lipinski definition) is 2. The summed E-state index contributed by atoms with van der Waals surface area (Å²) >= 11 is 0. The predicted molar refractivity (Wildman–Crippen MR) is 73.4 cm³/mol. The first-order valence-electron chi connectivity index (χ1n) is 6.79. The van der Waals surface area contributed by atoms with Crippen LogP contribution in [0.15, 0.2) is 18.2 Å². The molecule has 20 heavy (non-hydrogen) atoms. The number of nitrogens with one attached hydrogen (secondary N) is 2. The second kappa shape index (κ2) is 6.17. The van der Waals surface area contributed by atoms with Crippen LogP contribution in [0.4, 0.5) is 19.3 Å². The van der Waals surface area contributed by atoms with E-state index < -0.39 is 23.2 Å². The van der Waals surface area contributed by atoms with Crippen molar-refractivity contribution in [2.45, 2.75) is 37.6 Å².